The molecule has 0 spiro atoms. The van der Waals surface area contributed by atoms with Crippen LogP contribution in [-0.2, 0) is 14.3 Å². The number of piperidine rings is 1. The zero-order valence-electron chi connectivity index (χ0n) is 17.3. The molecular weight excluding hydrogens is 408 g/mol. The van der Waals surface area contributed by atoms with Gasteiger partial charge in [-0.2, -0.15) is 0 Å². The van der Waals surface area contributed by atoms with E-state index in [9.17, 15) is 9.59 Å². The van der Waals surface area contributed by atoms with Gasteiger partial charge in [0.2, 0.25) is 18.6 Å². The van der Waals surface area contributed by atoms with Gasteiger partial charge in [-0.1, -0.05) is 11.6 Å². The summed E-state index contributed by atoms with van der Waals surface area (Å²) in [4.78, 5) is 29.2. The van der Waals surface area contributed by atoms with Crippen molar-refractivity contribution >= 4 is 29.5 Å². The third kappa shape index (κ3) is 4.57. The SMILES string of the molecule is CC1CN(C(=O)C2CCN(C(=O)/C=C/c3cc(Cl)c4c(c3)OCO4)CC2)CC(C)O1. The lowest BCUT2D eigenvalue weighted by Crippen LogP contribution is -2.51. The second-order valence-electron chi connectivity index (χ2n) is 8.17. The van der Waals surface area contributed by atoms with Crippen molar-refractivity contribution in [2.45, 2.75) is 38.9 Å². The number of carbonyl (C=O) groups is 2. The third-order valence-electron chi connectivity index (χ3n) is 5.76. The molecule has 3 aliphatic heterocycles. The van der Waals surface area contributed by atoms with E-state index in [1.165, 1.54) is 0 Å². The monoisotopic (exact) mass is 434 g/mol. The fraction of sp³-hybridized carbons (Fsp3) is 0.545. The van der Waals surface area contributed by atoms with Gasteiger partial charge in [-0.3, -0.25) is 9.59 Å². The molecule has 30 heavy (non-hydrogen) atoms. The summed E-state index contributed by atoms with van der Waals surface area (Å²) in [5, 5.41) is 0.461. The van der Waals surface area contributed by atoms with Gasteiger partial charge < -0.3 is 24.0 Å². The average Bonchev–Trinajstić information content (AvgIpc) is 3.20. The maximum atomic E-state index is 12.9. The highest BCUT2D eigenvalue weighted by Gasteiger charge is 2.33. The van der Waals surface area contributed by atoms with Crippen molar-refractivity contribution in [3.05, 3.63) is 28.8 Å². The van der Waals surface area contributed by atoms with Crippen LogP contribution in [0.5, 0.6) is 11.5 Å². The Balaban J connectivity index is 1.31. The average molecular weight is 435 g/mol. The van der Waals surface area contributed by atoms with Gasteiger partial charge in [0.1, 0.15) is 0 Å². The summed E-state index contributed by atoms with van der Waals surface area (Å²) < 4.78 is 16.4. The summed E-state index contributed by atoms with van der Waals surface area (Å²) in [7, 11) is 0. The molecule has 3 aliphatic rings. The smallest absolute Gasteiger partial charge is 0.246 e. The van der Waals surface area contributed by atoms with Crippen LogP contribution in [0.3, 0.4) is 0 Å². The molecule has 0 aromatic heterocycles. The number of morpholine rings is 1. The van der Waals surface area contributed by atoms with E-state index >= 15 is 0 Å². The quantitative estimate of drug-likeness (QED) is 0.684. The highest BCUT2D eigenvalue weighted by atomic mass is 35.5. The Bertz CT molecular complexity index is 840. The van der Waals surface area contributed by atoms with Crippen LogP contribution in [0.1, 0.15) is 32.3 Å². The Morgan fingerprint density at radius 2 is 1.77 bits per heavy atom. The van der Waals surface area contributed by atoms with Crippen LogP contribution in [0.15, 0.2) is 18.2 Å². The van der Waals surface area contributed by atoms with E-state index in [4.69, 9.17) is 25.8 Å². The van der Waals surface area contributed by atoms with Crippen molar-refractivity contribution < 1.29 is 23.8 Å². The van der Waals surface area contributed by atoms with Gasteiger partial charge >= 0.3 is 0 Å². The van der Waals surface area contributed by atoms with Crippen LogP contribution in [0.4, 0.5) is 0 Å². The molecular formula is C22H27ClN2O5. The summed E-state index contributed by atoms with van der Waals surface area (Å²) in [6.45, 7) is 6.59. The molecule has 2 unspecified atom stereocenters. The molecule has 0 saturated carbocycles. The standard InChI is InChI=1S/C22H27ClN2O5/c1-14-11-25(12-15(2)30-14)22(27)17-5-7-24(8-6-17)20(26)4-3-16-9-18(23)21-19(10-16)28-13-29-21/h3-4,9-10,14-15,17H,5-8,11-13H2,1-2H3/b4-3+. The highest BCUT2D eigenvalue weighted by Crippen LogP contribution is 2.40. The number of amides is 2. The number of fused-ring (bicyclic) bond motifs is 1. The molecule has 4 rings (SSSR count). The summed E-state index contributed by atoms with van der Waals surface area (Å²) in [6, 6.07) is 3.54. The molecule has 2 fully saturated rings. The van der Waals surface area contributed by atoms with Crippen molar-refractivity contribution in [1.82, 2.24) is 9.80 Å². The fourth-order valence-corrected chi connectivity index (χ4v) is 4.59. The topological polar surface area (TPSA) is 68.3 Å². The Kier molecular flexibility index (Phi) is 6.20. The Morgan fingerprint density at radius 3 is 2.47 bits per heavy atom. The highest BCUT2D eigenvalue weighted by molar-refractivity contribution is 6.32. The molecule has 7 nitrogen and oxygen atoms in total. The molecule has 1 aromatic carbocycles. The van der Waals surface area contributed by atoms with Gasteiger partial charge in [0.05, 0.1) is 17.2 Å². The number of hydrogen-bond acceptors (Lipinski definition) is 5. The minimum absolute atomic E-state index is 0.0248. The minimum Gasteiger partial charge on any atom is -0.454 e. The van der Waals surface area contributed by atoms with Crippen LogP contribution in [-0.4, -0.2) is 66.8 Å². The Hall–Kier alpha value is -2.25. The summed E-state index contributed by atoms with van der Waals surface area (Å²) in [6.07, 6.45) is 4.77. The molecule has 162 valence electrons. The Labute approximate surface area is 181 Å². The first kappa shape index (κ1) is 21.0. The van der Waals surface area contributed by atoms with Crippen LogP contribution < -0.4 is 9.47 Å². The number of ether oxygens (including phenoxy) is 3. The van der Waals surface area contributed by atoms with Crippen molar-refractivity contribution in [2.24, 2.45) is 5.92 Å². The van der Waals surface area contributed by atoms with Gasteiger partial charge in [-0.25, -0.2) is 0 Å². The number of hydrogen-bond donors (Lipinski definition) is 0. The maximum absolute atomic E-state index is 12.9. The lowest BCUT2D eigenvalue weighted by molar-refractivity contribution is -0.149. The molecule has 1 aromatic rings. The number of likely N-dealkylation sites (tertiary alicyclic amines) is 1. The molecule has 0 aliphatic carbocycles. The summed E-state index contributed by atoms with van der Waals surface area (Å²) in [5.74, 6) is 1.22. The molecule has 2 saturated heterocycles. The molecule has 0 radical (unpaired) electrons. The lowest BCUT2D eigenvalue weighted by atomic mass is 9.94. The van der Waals surface area contributed by atoms with Crippen molar-refractivity contribution in [1.29, 1.82) is 0 Å². The second-order valence-corrected chi connectivity index (χ2v) is 8.58. The van der Waals surface area contributed by atoms with E-state index in [0.29, 0.717) is 55.5 Å². The van der Waals surface area contributed by atoms with Crippen LogP contribution in [0.2, 0.25) is 5.02 Å². The largest absolute Gasteiger partial charge is 0.454 e. The maximum Gasteiger partial charge on any atom is 0.246 e. The number of nitrogens with zero attached hydrogens (tertiary/aromatic N) is 2. The normalized spacial score (nSPS) is 24.5. The molecule has 3 heterocycles. The van der Waals surface area contributed by atoms with Crippen molar-refractivity contribution in [3.63, 3.8) is 0 Å². The molecule has 8 heteroatoms. The summed E-state index contributed by atoms with van der Waals surface area (Å²) in [5.41, 5.74) is 0.776. The zero-order chi connectivity index (χ0) is 21.3. The van der Waals surface area contributed by atoms with Gasteiger partial charge in [0.25, 0.3) is 0 Å². The summed E-state index contributed by atoms with van der Waals surface area (Å²) >= 11 is 6.19. The first-order valence-corrected chi connectivity index (χ1v) is 10.8. The number of carbonyl (C=O) groups excluding carboxylic acids is 2. The van der Waals surface area contributed by atoms with Crippen LogP contribution in [0, 0.1) is 5.92 Å². The molecule has 2 amide bonds. The van der Waals surface area contributed by atoms with Crippen LogP contribution >= 0.6 is 11.6 Å². The fourth-order valence-electron chi connectivity index (χ4n) is 4.32. The number of rotatable bonds is 3. The van der Waals surface area contributed by atoms with Gasteiger partial charge in [0.15, 0.2) is 11.5 Å². The predicted molar refractivity (Wildman–Crippen MR) is 113 cm³/mol. The van der Waals surface area contributed by atoms with E-state index in [0.717, 1.165) is 5.56 Å². The van der Waals surface area contributed by atoms with E-state index < -0.39 is 0 Å². The number of benzene rings is 1. The molecule has 2 atom stereocenters. The minimum atomic E-state index is -0.0664. The Morgan fingerprint density at radius 1 is 1.07 bits per heavy atom. The van der Waals surface area contributed by atoms with Gasteiger partial charge in [0, 0.05) is 38.2 Å². The predicted octanol–water partition coefficient (Wildman–Crippen LogP) is 2.96. The third-order valence-corrected chi connectivity index (χ3v) is 6.04. The second kappa shape index (κ2) is 8.86. The molecule has 0 N–H and O–H groups in total. The van der Waals surface area contributed by atoms with Gasteiger partial charge in [-0.15, -0.1) is 0 Å². The van der Waals surface area contributed by atoms with E-state index in [1.54, 1.807) is 29.2 Å². The lowest BCUT2D eigenvalue weighted by Gasteiger charge is -2.39. The zero-order valence-corrected chi connectivity index (χ0v) is 18.1. The van der Waals surface area contributed by atoms with Crippen molar-refractivity contribution in [2.75, 3.05) is 33.0 Å². The van der Waals surface area contributed by atoms with Gasteiger partial charge in [-0.05, 0) is 50.5 Å². The number of halogens is 1. The molecule has 0 bridgehead atoms. The first-order chi connectivity index (χ1) is 14.4. The first-order valence-electron chi connectivity index (χ1n) is 10.4. The van der Waals surface area contributed by atoms with E-state index in [-0.39, 0.29) is 36.7 Å². The van der Waals surface area contributed by atoms with Crippen molar-refractivity contribution in [3.8, 4) is 11.5 Å². The van der Waals surface area contributed by atoms with E-state index in [2.05, 4.69) is 0 Å². The van der Waals surface area contributed by atoms with E-state index in [1.807, 2.05) is 18.7 Å². The van der Waals surface area contributed by atoms with Crippen LogP contribution in [0.25, 0.3) is 6.08 Å².